The van der Waals surface area contributed by atoms with E-state index >= 15 is 0 Å². The van der Waals surface area contributed by atoms with E-state index in [4.69, 9.17) is 26.6 Å². The number of azide groups is 1. The molecule has 0 unspecified atom stereocenters. The molecule has 0 heterocycles. The average Bonchev–Trinajstić information content (AvgIpc) is 2.63. The minimum Gasteiger partial charge on any atom is -0.423 e. The Morgan fingerprint density at radius 3 is 1.88 bits per heavy atom. The number of hydrogen-bond acceptors (Lipinski definition) is 5. The molecule has 2 N–H and O–H groups in total. The maximum Gasteiger partial charge on any atom is 1.00 e. The van der Waals surface area contributed by atoms with Crippen molar-refractivity contribution in [3.05, 3.63) is 86.1 Å². The Hall–Kier alpha value is -2.62. The largest absolute Gasteiger partial charge is 1.00 e. The molecule has 2 aromatic rings. The second kappa shape index (κ2) is 15.9. The normalized spacial score (nSPS) is 7.77. The van der Waals surface area contributed by atoms with Gasteiger partial charge in [0, 0.05) is 21.7 Å². The molecule has 0 saturated heterocycles. The van der Waals surface area contributed by atoms with Crippen molar-refractivity contribution in [2.75, 3.05) is 0 Å². The van der Waals surface area contributed by atoms with E-state index in [1.165, 1.54) is 23.1 Å². The molecule has 0 aromatic heterocycles. The van der Waals surface area contributed by atoms with Crippen LogP contribution in [0.1, 0.15) is 20.7 Å². The van der Waals surface area contributed by atoms with Crippen molar-refractivity contribution >= 4 is 30.8 Å². The van der Waals surface area contributed by atoms with Gasteiger partial charge in [0.25, 0.3) is 0 Å². The molecular weight excluding hydrogens is 350 g/mol. The van der Waals surface area contributed by atoms with Crippen molar-refractivity contribution in [2.45, 2.75) is 0 Å². The number of benzene rings is 2. The second-order valence-corrected chi connectivity index (χ2v) is 4.15. The summed E-state index contributed by atoms with van der Waals surface area (Å²) in [6.07, 6.45) is 1.36. The van der Waals surface area contributed by atoms with Gasteiger partial charge in [-0.2, -0.15) is 0 Å². The van der Waals surface area contributed by atoms with Crippen molar-refractivity contribution in [3.8, 4) is 0 Å². The molecule has 0 bridgehead atoms. The summed E-state index contributed by atoms with van der Waals surface area (Å²) in [7, 11) is -1.50. The van der Waals surface area contributed by atoms with E-state index < -0.39 is 7.12 Å². The SMILES string of the molecule is O=Cc1cccc(B(O)O)c1.[N-]=[N+]=Nc1cccc(C=O)c1.[N-]=[N+]=[N-].[Na+]. The number of carbonyl (C=O) groups excluding carboxylic acids is 2. The van der Waals surface area contributed by atoms with Crippen LogP contribution in [-0.4, -0.2) is 29.7 Å². The van der Waals surface area contributed by atoms with E-state index in [1.807, 2.05) is 0 Å². The first kappa shape index (κ1) is 25.6. The van der Waals surface area contributed by atoms with Crippen molar-refractivity contribution in [2.24, 2.45) is 5.11 Å². The van der Waals surface area contributed by atoms with E-state index in [-0.39, 0.29) is 29.6 Å². The van der Waals surface area contributed by atoms with Crippen LogP contribution < -0.4 is 35.0 Å². The van der Waals surface area contributed by atoms with Crippen LogP contribution in [0, 0.1) is 0 Å². The summed E-state index contributed by atoms with van der Waals surface area (Å²) in [5, 5.41) is 20.7. The second-order valence-electron chi connectivity index (χ2n) is 4.15. The van der Waals surface area contributed by atoms with E-state index in [9.17, 15) is 9.59 Å². The minimum absolute atomic E-state index is 0. The van der Waals surface area contributed by atoms with Crippen LogP contribution >= 0.6 is 0 Å². The molecule has 26 heavy (non-hydrogen) atoms. The molecule has 0 spiro atoms. The Morgan fingerprint density at radius 2 is 1.42 bits per heavy atom. The van der Waals surface area contributed by atoms with Crippen LogP contribution in [0.4, 0.5) is 5.69 Å². The van der Waals surface area contributed by atoms with Crippen LogP contribution in [0.5, 0.6) is 0 Å². The molecular formula is C14H12BN6NaO4. The number of aldehydes is 2. The van der Waals surface area contributed by atoms with Crippen molar-refractivity contribution in [1.82, 2.24) is 0 Å². The summed E-state index contributed by atoms with van der Waals surface area (Å²) in [5.74, 6) is 0. The van der Waals surface area contributed by atoms with E-state index in [1.54, 1.807) is 30.3 Å². The van der Waals surface area contributed by atoms with Gasteiger partial charge in [-0.3, -0.25) is 14.5 Å². The predicted molar refractivity (Wildman–Crippen MR) is 92.4 cm³/mol. The Kier molecular flexibility index (Phi) is 15.7. The van der Waals surface area contributed by atoms with E-state index in [2.05, 4.69) is 10.0 Å². The summed E-state index contributed by atoms with van der Waals surface area (Å²) in [4.78, 5) is 24.5. The summed E-state index contributed by atoms with van der Waals surface area (Å²) < 4.78 is 0. The smallest absolute Gasteiger partial charge is 0.423 e. The molecule has 12 heteroatoms. The van der Waals surface area contributed by atoms with E-state index in [0.29, 0.717) is 34.8 Å². The summed E-state index contributed by atoms with van der Waals surface area (Å²) in [6.45, 7) is 0. The number of rotatable bonds is 4. The van der Waals surface area contributed by atoms with Crippen LogP contribution in [-0.2, 0) is 0 Å². The van der Waals surface area contributed by atoms with Gasteiger partial charge < -0.3 is 21.1 Å². The van der Waals surface area contributed by atoms with E-state index in [0.717, 1.165) is 0 Å². The molecule has 0 aliphatic heterocycles. The molecule has 2 aromatic carbocycles. The van der Waals surface area contributed by atoms with Crippen LogP contribution in [0.15, 0.2) is 53.6 Å². The van der Waals surface area contributed by atoms with Crippen LogP contribution in [0.3, 0.4) is 0 Å². The van der Waals surface area contributed by atoms with Crippen LogP contribution in [0.2, 0.25) is 0 Å². The topological polar surface area (TPSA) is 182 Å². The standard InChI is InChI=1S/C7H7BO3.C7H5N3O.N3.Na/c9-5-6-2-1-3-7(4-6)8(10)11;8-10-9-7-3-1-2-6(4-7)5-11;1-3-2;/h1-5,10-11H;1-5H;;/q;;-1;+1. The first-order chi connectivity index (χ1) is 12.0. The molecule has 10 nitrogen and oxygen atoms in total. The Balaban J connectivity index is 0. The molecule has 0 saturated carbocycles. The fraction of sp³-hybridized carbons (Fsp3) is 0. The van der Waals surface area contributed by atoms with Gasteiger partial charge in [0.2, 0.25) is 0 Å². The van der Waals surface area contributed by atoms with Gasteiger partial charge >= 0.3 is 36.7 Å². The van der Waals surface area contributed by atoms with Crippen LogP contribution in [0.25, 0.3) is 26.4 Å². The molecule has 126 valence electrons. The number of nitrogens with zero attached hydrogens (tertiary/aromatic N) is 6. The van der Waals surface area contributed by atoms with Crippen molar-refractivity contribution in [3.63, 3.8) is 0 Å². The Morgan fingerprint density at radius 1 is 0.923 bits per heavy atom. The van der Waals surface area contributed by atoms with Gasteiger partial charge in [-0.15, -0.1) is 0 Å². The molecule has 0 radical (unpaired) electrons. The number of carbonyl (C=O) groups is 2. The molecule has 0 amide bonds. The summed E-state index contributed by atoms with van der Waals surface area (Å²) in [6, 6.07) is 12.6. The minimum atomic E-state index is -1.50. The maximum atomic E-state index is 10.2. The molecule has 0 fully saturated rings. The third-order valence-electron chi connectivity index (χ3n) is 2.51. The fourth-order valence-corrected chi connectivity index (χ4v) is 1.50. The quantitative estimate of drug-likeness (QED) is 0.244. The average molecular weight is 362 g/mol. The van der Waals surface area contributed by atoms with Gasteiger partial charge in [0.15, 0.2) is 0 Å². The Bertz CT molecular complexity index is 793. The predicted octanol–water partition coefficient (Wildman–Crippen LogP) is -0.510. The Labute approximate surface area is 171 Å². The van der Waals surface area contributed by atoms with Gasteiger partial charge in [-0.1, -0.05) is 47.6 Å². The number of hydrogen-bond donors (Lipinski definition) is 2. The maximum absolute atomic E-state index is 10.2. The fourth-order valence-electron chi connectivity index (χ4n) is 1.50. The van der Waals surface area contributed by atoms with Gasteiger partial charge in [0.1, 0.15) is 12.6 Å². The third kappa shape index (κ3) is 11.0. The monoisotopic (exact) mass is 362 g/mol. The first-order valence-electron chi connectivity index (χ1n) is 6.52. The van der Waals surface area contributed by atoms with Crippen molar-refractivity contribution in [1.29, 1.82) is 0 Å². The van der Waals surface area contributed by atoms with Gasteiger partial charge in [0.05, 0.1) is 0 Å². The van der Waals surface area contributed by atoms with Gasteiger partial charge in [-0.25, -0.2) is 0 Å². The molecule has 2 rings (SSSR count). The van der Waals surface area contributed by atoms with Gasteiger partial charge in [-0.05, 0) is 17.1 Å². The molecule has 0 atom stereocenters. The molecule has 0 aliphatic carbocycles. The zero-order valence-corrected chi connectivity index (χ0v) is 15.7. The van der Waals surface area contributed by atoms with Crippen molar-refractivity contribution < 1.29 is 49.2 Å². The zero-order chi connectivity index (χ0) is 19.1. The third-order valence-corrected chi connectivity index (χ3v) is 2.51. The first-order valence-corrected chi connectivity index (χ1v) is 6.52. The molecule has 0 aliphatic rings. The zero-order valence-electron chi connectivity index (χ0n) is 13.7. The summed E-state index contributed by atoms with van der Waals surface area (Å²) >= 11 is 0. The summed E-state index contributed by atoms with van der Waals surface area (Å²) in [5.41, 5.74) is 23.3.